The summed E-state index contributed by atoms with van der Waals surface area (Å²) in [5, 5.41) is 0. The highest BCUT2D eigenvalue weighted by Crippen LogP contribution is 1.96. The van der Waals surface area contributed by atoms with Crippen LogP contribution in [0.2, 0.25) is 0 Å². The monoisotopic (exact) mass is 156 g/mol. The Labute approximate surface area is 80.7 Å². The van der Waals surface area contributed by atoms with E-state index in [2.05, 4.69) is 27.7 Å². The summed E-state index contributed by atoms with van der Waals surface area (Å²) in [6.45, 7) is 10.5. The summed E-state index contributed by atoms with van der Waals surface area (Å²) >= 11 is 0. The molecule has 0 aromatic carbocycles. The zero-order chi connectivity index (χ0) is 7.28. The number of ether oxygens (including phenoxy) is 1. The van der Waals surface area contributed by atoms with E-state index < -0.39 is 0 Å². The van der Waals surface area contributed by atoms with E-state index in [1.807, 2.05) is 0 Å². The van der Waals surface area contributed by atoms with E-state index in [0.717, 1.165) is 13.2 Å². The molecule has 0 heterocycles. The lowest BCUT2D eigenvalue weighted by Gasteiger charge is -2.07. The summed E-state index contributed by atoms with van der Waals surface area (Å²) in [4.78, 5) is 0. The molecule has 0 saturated heterocycles. The Morgan fingerprint density at radius 3 is 1.40 bits per heavy atom. The lowest BCUT2D eigenvalue weighted by Crippen LogP contribution is -2.06. The smallest absolute Gasteiger partial charge is 0.316 e. The second-order valence-corrected chi connectivity index (χ2v) is 3.33. The van der Waals surface area contributed by atoms with Crippen LogP contribution in [0.15, 0.2) is 0 Å². The number of hydrogen-bond donors (Lipinski definition) is 0. The van der Waals surface area contributed by atoms with Crippen molar-refractivity contribution in [3.63, 3.8) is 0 Å². The Kier molecular flexibility index (Phi) is 10.4. The summed E-state index contributed by atoms with van der Waals surface area (Å²) in [7, 11) is 0. The molecule has 0 aliphatic rings. The Bertz CT molecular complexity index is 54.3. The molecule has 0 aromatic heterocycles. The molecule has 0 aliphatic heterocycles. The minimum atomic E-state index is 0. The van der Waals surface area contributed by atoms with Crippen LogP contribution in [0.4, 0.5) is 0 Å². The quantitative estimate of drug-likeness (QED) is 0.559. The first kappa shape index (κ1) is 13.3. The lowest BCUT2D eigenvalue weighted by molar-refractivity contribution is 0.0886. The van der Waals surface area contributed by atoms with Gasteiger partial charge in [-0.1, -0.05) is 27.7 Å². The van der Waals surface area contributed by atoms with Crippen LogP contribution in [0.3, 0.4) is 0 Å². The van der Waals surface area contributed by atoms with Crippen LogP contribution >= 0.6 is 0 Å². The molecule has 0 saturated carbocycles. The molecule has 0 N–H and O–H groups in total. The molecule has 2 heteroatoms. The molecule has 0 spiro atoms. The van der Waals surface area contributed by atoms with E-state index in [1.54, 1.807) is 0 Å². The van der Waals surface area contributed by atoms with Gasteiger partial charge >= 0.3 is 23.1 Å². The standard InChI is InChI=1S/C8H18O.Mg.2H/c1-7(2)5-9-6-8(3)4;;;/h7-8H,5-6H2,1-4H3;;;. The maximum atomic E-state index is 5.36. The van der Waals surface area contributed by atoms with Crippen molar-refractivity contribution >= 4 is 23.1 Å². The van der Waals surface area contributed by atoms with Gasteiger partial charge in [0.05, 0.1) is 0 Å². The van der Waals surface area contributed by atoms with Gasteiger partial charge < -0.3 is 4.74 Å². The fourth-order valence-corrected chi connectivity index (χ4v) is 0.539. The van der Waals surface area contributed by atoms with E-state index in [0.29, 0.717) is 11.8 Å². The van der Waals surface area contributed by atoms with Crippen molar-refractivity contribution in [3.05, 3.63) is 0 Å². The van der Waals surface area contributed by atoms with Crippen LogP contribution in [0.1, 0.15) is 27.7 Å². The van der Waals surface area contributed by atoms with Crippen LogP contribution in [0.5, 0.6) is 0 Å². The maximum absolute atomic E-state index is 5.36. The molecule has 10 heavy (non-hydrogen) atoms. The molecule has 0 aliphatic carbocycles. The Morgan fingerprint density at radius 1 is 0.900 bits per heavy atom. The van der Waals surface area contributed by atoms with E-state index in [9.17, 15) is 0 Å². The van der Waals surface area contributed by atoms with Crippen molar-refractivity contribution in [2.75, 3.05) is 13.2 Å². The van der Waals surface area contributed by atoms with Crippen molar-refractivity contribution in [3.8, 4) is 0 Å². The van der Waals surface area contributed by atoms with Gasteiger partial charge in [0.1, 0.15) is 0 Å². The summed E-state index contributed by atoms with van der Waals surface area (Å²) in [5.74, 6) is 1.34. The summed E-state index contributed by atoms with van der Waals surface area (Å²) in [5.41, 5.74) is 0. The van der Waals surface area contributed by atoms with E-state index >= 15 is 0 Å². The second kappa shape index (κ2) is 7.83. The second-order valence-electron chi connectivity index (χ2n) is 3.33. The van der Waals surface area contributed by atoms with Crippen LogP contribution in [0, 0.1) is 11.8 Å². The van der Waals surface area contributed by atoms with Crippen molar-refractivity contribution in [2.45, 2.75) is 27.7 Å². The third kappa shape index (κ3) is 11.5. The number of rotatable bonds is 4. The zero-order valence-electron chi connectivity index (χ0n) is 6.98. The Balaban J connectivity index is 0. The highest BCUT2D eigenvalue weighted by atomic mass is 24.3. The summed E-state index contributed by atoms with van der Waals surface area (Å²) in [6.07, 6.45) is 0. The highest BCUT2D eigenvalue weighted by molar-refractivity contribution is 5.75. The van der Waals surface area contributed by atoms with Crippen molar-refractivity contribution in [1.29, 1.82) is 0 Å². The van der Waals surface area contributed by atoms with Crippen LogP contribution in [-0.2, 0) is 4.74 Å². The Hall–Kier alpha value is 0.726. The first-order valence-corrected chi connectivity index (χ1v) is 3.70. The fraction of sp³-hybridized carbons (Fsp3) is 1.00. The average Bonchev–Trinajstić information content (AvgIpc) is 1.63. The van der Waals surface area contributed by atoms with Gasteiger partial charge in [-0.05, 0) is 11.8 Å². The third-order valence-electron chi connectivity index (χ3n) is 0.902. The molecular weight excluding hydrogens is 136 g/mol. The predicted molar refractivity (Wildman–Crippen MR) is 49.0 cm³/mol. The third-order valence-corrected chi connectivity index (χ3v) is 0.902. The molecule has 0 unspecified atom stereocenters. The summed E-state index contributed by atoms with van der Waals surface area (Å²) in [6, 6.07) is 0. The topological polar surface area (TPSA) is 9.23 Å². The molecular formula is C8H20MgO. The van der Waals surface area contributed by atoms with E-state index in [1.165, 1.54) is 0 Å². The molecule has 0 rings (SSSR count). The van der Waals surface area contributed by atoms with E-state index in [-0.39, 0.29) is 23.1 Å². The first-order valence-electron chi connectivity index (χ1n) is 3.70. The van der Waals surface area contributed by atoms with Gasteiger partial charge in [-0.2, -0.15) is 0 Å². The van der Waals surface area contributed by atoms with Gasteiger partial charge in [0.15, 0.2) is 0 Å². The van der Waals surface area contributed by atoms with Gasteiger partial charge in [-0.15, -0.1) is 0 Å². The summed E-state index contributed by atoms with van der Waals surface area (Å²) < 4.78 is 5.36. The first-order chi connectivity index (χ1) is 4.13. The van der Waals surface area contributed by atoms with Crippen molar-refractivity contribution < 1.29 is 4.74 Å². The average molecular weight is 157 g/mol. The SMILES string of the molecule is CC(C)COCC(C)C.[MgH2]. The molecule has 1 nitrogen and oxygen atoms in total. The van der Waals surface area contributed by atoms with Gasteiger partial charge in [-0.25, -0.2) is 0 Å². The van der Waals surface area contributed by atoms with Crippen molar-refractivity contribution in [1.82, 2.24) is 0 Å². The van der Waals surface area contributed by atoms with Crippen LogP contribution < -0.4 is 0 Å². The molecule has 0 bridgehead atoms. The molecule has 60 valence electrons. The molecule has 0 radical (unpaired) electrons. The molecule has 0 fully saturated rings. The number of hydrogen-bond acceptors (Lipinski definition) is 1. The van der Waals surface area contributed by atoms with Gasteiger partial charge in [0.25, 0.3) is 0 Å². The van der Waals surface area contributed by atoms with Crippen LogP contribution in [0.25, 0.3) is 0 Å². The van der Waals surface area contributed by atoms with Gasteiger partial charge in [0.2, 0.25) is 0 Å². The minimum absolute atomic E-state index is 0. The molecule has 0 atom stereocenters. The van der Waals surface area contributed by atoms with Crippen molar-refractivity contribution in [2.24, 2.45) is 11.8 Å². The van der Waals surface area contributed by atoms with Gasteiger partial charge in [0, 0.05) is 13.2 Å². The highest BCUT2D eigenvalue weighted by Gasteiger charge is 1.95. The molecule has 0 amide bonds. The predicted octanol–water partition coefficient (Wildman–Crippen LogP) is 1.40. The molecule has 0 aromatic rings. The van der Waals surface area contributed by atoms with Gasteiger partial charge in [-0.3, -0.25) is 0 Å². The largest absolute Gasteiger partial charge is 0.381 e. The normalized spacial score (nSPS) is 10.2. The lowest BCUT2D eigenvalue weighted by atomic mass is 10.2. The van der Waals surface area contributed by atoms with E-state index in [4.69, 9.17) is 4.74 Å². The fourth-order valence-electron chi connectivity index (χ4n) is 0.539. The van der Waals surface area contributed by atoms with Crippen LogP contribution in [-0.4, -0.2) is 36.3 Å². The zero-order valence-corrected chi connectivity index (χ0v) is 6.98. The minimum Gasteiger partial charge on any atom is -0.381 e. The maximum Gasteiger partial charge on any atom is 0.316 e. The Morgan fingerprint density at radius 2 is 1.20 bits per heavy atom.